The fourth-order valence-electron chi connectivity index (χ4n) is 2.88. The van der Waals surface area contributed by atoms with E-state index in [4.69, 9.17) is 4.74 Å². The fourth-order valence-corrected chi connectivity index (χ4v) is 2.88. The van der Waals surface area contributed by atoms with Gasteiger partial charge in [0.15, 0.2) is 5.82 Å². The zero-order valence-electron chi connectivity index (χ0n) is 14.5. The number of nitrogens with zero attached hydrogens (tertiary/aromatic N) is 3. The highest BCUT2D eigenvalue weighted by Gasteiger charge is 2.33. The van der Waals surface area contributed by atoms with Crippen LogP contribution in [0.1, 0.15) is 31.0 Å². The summed E-state index contributed by atoms with van der Waals surface area (Å²) in [6, 6.07) is 7.92. The minimum absolute atomic E-state index is 0.138. The molecule has 7 nitrogen and oxygen atoms in total. The number of benzene rings is 1. The summed E-state index contributed by atoms with van der Waals surface area (Å²) in [4.78, 5) is 23.1. The highest BCUT2D eigenvalue weighted by molar-refractivity contribution is 6.01. The molecule has 1 fully saturated rings. The number of hydrogen-bond acceptors (Lipinski definition) is 5. The van der Waals surface area contributed by atoms with E-state index in [9.17, 15) is 9.59 Å². The third kappa shape index (κ3) is 3.87. The third-order valence-corrected chi connectivity index (χ3v) is 4.50. The molecule has 1 amide bonds. The van der Waals surface area contributed by atoms with Gasteiger partial charge < -0.3 is 10.1 Å². The average molecular weight is 342 g/mol. The van der Waals surface area contributed by atoms with Crippen molar-refractivity contribution in [3.05, 3.63) is 35.5 Å². The Morgan fingerprint density at radius 3 is 2.64 bits per heavy atom. The van der Waals surface area contributed by atoms with Crippen LogP contribution in [0.25, 0.3) is 0 Å². The quantitative estimate of drug-likeness (QED) is 0.832. The highest BCUT2D eigenvalue weighted by atomic mass is 16.5. The molecule has 2 aromatic rings. The van der Waals surface area contributed by atoms with Crippen molar-refractivity contribution < 1.29 is 14.3 Å². The molecule has 25 heavy (non-hydrogen) atoms. The molecule has 1 aliphatic carbocycles. The first-order chi connectivity index (χ1) is 12.1. The number of ketones is 1. The van der Waals surface area contributed by atoms with Crippen molar-refractivity contribution in [3.8, 4) is 5.75 Å². The lowest BCUT2D eigenvalue weighted by Gasteiger charge is -2.22. The summed E-state index contributed by atoms with van der Waals surface area (Å²) in [5.74, 6) is 1.11. The molecule has 0 unspecified atom stereocenters. The van der Waals surface area contributed by atoms with Crippen LogP contribution in [0, 0.1) is 5.92 Å². The van der Waals surface area contributed by atoms with E-state index >= 15 is 0 Å². The lowest BCUT2D eigenvalue weighted by atomic mass is 9.83. The molecule has 0 saturated heterocycles. The molecule has 0 atom stereocenters. The molecule has 1 saturated carbocycles. The summed E-state index contributed by atoms with van der Waals surface area (Å²) >= 11 is 0. The molecule has 1 aromatic carbocycles. The first-order valence-corrected chi connectivity index (χ1v) is 8.48. The van der Waals surface area contributed by atoms with E-state index in [-0.39, 0.29) is 17.6 Å². The number of nitrogens with one attached hydrogen (secondary N) is 1. The summed E-state index contributed by atoms with van der Waals surface area (Å²) in [6.07, 6.45) is 2.19. The molecule has 1 heterocycles. The van der Waals surface area contributed by atoms with Crippen LogP contribution in [0.15, 0.2) is 24.3 Å². The monoisotopic (exact) mass is 342 g/mol. The largest absolute Gasteiger partial charge is 0.497 e. The number of carbonyl (C=O) groups excluding carboxylic acids is 2. The van der Waals surface area contributed by atoms with Crippen molar-refractivity contribution in [2.24, 2.45) is 5.92 Å². The van der Waals surface area contributed by atoms with Crippen LogP contribution in [0.2, 0.25) is 0 Å². The van der Waals surface area contributed by atoms with E-state index in [1.165, 1.54) is 5.56 Å². The van der Waals surface area contributed by atoms with E-state index in [1.54, 1.807) is 7.11 Å². The highest BCUT2D eigenvalue weighted by Crippen LogP contribution is 2.25. The summed E-state index contributed by atoms with van der Waals surface area (Å²) in [7, 11) is 1.65. The molecule has 0 bridgehead atoms. The number of methoxy groups -OCH3 is 1. The van der Waals surface area contributed by atoms with E-state index in [0.29, 0.717) is 25.2 Å². The minimum Gasteiger partial charge on any atom is -0.497 e. The fraction of sp³-hybridized carbons (Fsp3) is 0.444. The second kappa shape index (κ2) is 7.46. The van der Waals surface area contributed by atoms with Gasteiger partial charge in [0.2, 0.25) is 5.91 Å². The van der Waals surface area contributed by atoms with Crippen molar-refractivity contribution in [2.75, 3.05) is 12.4 Å². The minimum atomic E-state index is -0.221. The van der Waals surface area contributed by atoms with Crippen molar-refractivity contribution >= 4 is 17.5 Å². The lowest BCUT2D eigenvalue weighted by molar-refractivity contribution is -0.135. The summed E-state index contributed by atoms with van der Waals surface area (Å²) in [6.45, 7) is 2.69. The van der Waals surface area contributed by atoms with Crippen molar-refractivity contribution in [3.63, 3.8) is 0 Å². The third-order valence-electron chi connectivity index (χ3n) is 4.50. The number of amides is 1. The predicted octanol–water partition coefficient (Wildman–Crippen LogP) is 2.01. The van der Waals surface area contributed by atoms with Gasteiger partial charge in [-0.1, -0.05) is 24.3 Å². The van der Waals surface area contributed by atoms with Crippen LogP contribution < -0.4 is 10.1 Å². The van der Waals surface area contributed by atoms with E-state index in [1.807, 2.05) is 35.9 Å². The Kier molecular flexibility index (Phi) is 5.11. The van der Waals surface area contributed by atoms with Crippen LogP contribution in [0.4, 0.5) is 5.82 Å². The standard InChI is InChI=1S/C18H22N4O3/c1-3-16-17(19-18(24)13-10-14(23)11-13)20-21-22(16)9-8-12-4-6-15(25-2)7-5-12/h4-7,13H,3,8-11H2,1-2H3,(H,19,24). The molecule has 1 aromatic heterocycles. The summed E-state index contributed by atoms with van der Waals surface area (Å²) in [5, 5.41) is 11.1. The second-order valence-electron chi connectivity index (χ2n) is 6.19. The predicted molar refractivity (Wildman–Crippen MR) is 92.5 cm³/mol. The summed E-state index contributed by atoms with van der Waals surface area (Å²) < 4.78 is 6.99. The van der Waals surface area contributed by atoms with Crippen molar-refractivity contribution in [1.29, 1.82) is 0 Å². The first kappa shape index (κ1) is 17.1. The number of aromatic nitrogens is 3. The maximum atomic E-state index is 12.1. The van der Waals surface area contributed by atoms with Crippen molar-refractivity contribution in [1.82, 2.24) is 15.0 Å². The Bertz CT molecular complexity index is 759. The van der Waals surface area contributed by atoms with Crippen LogP contribution in [-0.4, -0.2) is 33.8 Å². The number of Topliss-reactive ketones (excluding diaryl/α,β-unsaturated/α-hetero) is 1. The molecule has 0 spiro atoms. The van der Waals surface area contributed by atoms with Gasteiger partial charge in [0, 0.05) is 19.4 Å². The molecule has 132 valence electrons. The maximum absolute atomic E-state index is 12.1. The zero-order valence-corrected chi connectivity index (χ0v) is 14.5. The van der Waals surface area contributed by atoms with Gasteiger partial charge in [-0.3, -0.25) is 9.59 Å². The molecular formula is C18H22N4O3. The molecule has 0 aliphatic heterocycles. The van der Waals surface area contributed by atoms with Gasteiger partial charge in [0.25, 0.3) is 0 Å². The zero-order chi connectivity index (χ0) is 17.8. The second-order valence-corrected chi connectivity index (χ2v) is 6.19. The molecular weight excluding hydrogens is 320 g/mol. The van der Waals surface area contributed by atoms with Gasteiger partial charge in [0.1, 0.15) is 11.5 Å². The Hall–Kier alpha value is -2.70. The number of carbonyl (C=O) groups is 2. The Labute approximate surface area is 146 Å². The number of aryl methyl sites for hydroxylation is 2. The van der Waals surface area contributed by atoms with E-state index in [2.05, 4.69) is 15.6 Å². The normalized spacial score (nSPS) is 14.2. The topological polar surface area (TPSA) is 86.1 Å². The van der Waals surface area contributed by atoms with Gasteiger partial charge in [-0.25, -0.2) is 4.68 Å². The van der Waals surface area contributed by atoms with E-state index in [0.717, 1.165) is 24.3 Å². The number of hydrogen-bond donors (Lipinski definition) is 1. The lowest BCUT2D eigenvalue weighted by Crippen LogP contribution is -2.34. The SMILES string of the molecule is CCc1c(NC(=O)C2CC(=O)C2)nnn1CCc1ccc(OC)cc1. The Morgan fingerprint density at radius 1 is 1.32 bits per heavy atom. The number of ether oxygens (including phenoxy) is 1. The molecule has 1 aliphatic rings. The number of rotatable bonds is 7. The average Bonchev–Trinajstić information content (AvgIpc) is 2.99. The van der Waals surface area contributed by atoms with Crippen LogP contribution in [0.5, 0.6) is 5.75 Å². The first-order valence-electron chi connectivity index (χ1n) is 8.48. The Balaban J connectivity index is 1.62. The van der Waals surface area contributed by atoms with Gasteiger partial charge >= 0.3 is 0 Å². The van der Waals surface area contributed by atoms with Crippen LogP contribution >= 0.6 is 0 Å². The van der Waals surface area contributed by atoms with Crippen LogP contribution in [-0.2, 0) is 29.0 Å². The van der Waals surface area contributed by atoms with Gasteiger partial charge in [-0.15, -0.1) is 5.10 Å². The van der Waals surface area contributed by atoms with Gasteiger partial charge in [-0.2, -0.15) is 0 Å². The van der Waals surface area contributed by atoms with Crippen LogP contribution in [0.3, 0.4) is 0 Å². The molecule has 3 rings (SSSR count). The van der Waals surface area contributed by atoms with Crippen molar-refractivity contribution in [2.45, 2.75) is 39.2 Å². The molecule has 7 heteroatoms. The summed E-state index contributed by atoms with van der Waals surface area (Å²) in [5.41, 5.74) is 2.07. The number of anilines is 1. The Morgan fingerprint density at radius 2 is 2.04 bits per heavy atom. The van der Waals surface area contributed by atoms with Gasteiger partial charge in [0.05, 0.1) is 18.7 Å². The molecule has 1 N–H and O–H groups in total. The smallest absolute Gasteiger partial charge is 0.229 e. The van der Waals surface area contributed by atoms with Gasteiger partial charge in [-0.05, 0) is 30.5 Å². The molecule has 0 radical (unpaired) electrons. The maximum Gasteiger partial charge on any atom is 0.229 e. The van der Waals surface area contributed by atoms with E-state index < -0.39 is 0 Å².